The van der Waals surface area contributed by atoms with Gasteiger partial charge in [0.25, 0.3) is 0 Å². The van der Waals surface area contributed by atoms with Crippen LogP contribution in [0, 0.1) is 11.8 Å². The number of nitrogens with one attached hydrogen (secondary N) is 1. The van der Waals surface area contributed by atoms with Gasteiger partial charge in [-0.05, 0) is 54.5 Å². The smallest absolute Gasteiger partial charge is 0.225 e. The topological polar surface area (TPSA) is 79.7 Å². The first-order valence-electron chi connectivity index (χ1n) is 12.4. The van der Waals surface area contributed by atoms with Crippen molar-refractivity contribution in [2.45, 2.75) is 25.8 Å². The largest absolute Gasteiger partial charge is 0.345 e. The molecule has 7 rings (SSSR count). The molecule has 2 aromatic carbocycles. The maximum atomic E-state index is 12.6. The number of carbonyl (C=O) groups excluding carboxylic acids is 1. The fourth-order valence-corrected chi connectivity index (χ4v) is 5.34. The highest BCUT2D eigenvalue weighted by Gasteiger charge is 2.36. The number of imidazole rings is 2. The Morgan fingerprint density at radius 1 is 0.971 bits per heavy atom. The molecular weight excluding hydrogens is 436 g/mol. The summed E-state index contributed by atoms with van der Waals surface area (Å²) in [6.45, 7) is 2.56. The molecule has 1 amide bonds. The standard InChI is InChI=1S/C28H26N6O/c35-28(21-5-6-21)33-12-10-18(15-33)16-34-26-9-11-29-14-25(26)32-27(34)20-3-1-19(2-4-20)22-7-8-23-24(13-22)31-17-30-23/h1-4,7-9,11,13-14,17-18,21H,5-6,10,12,15-16H2,(H,30,31)/t18-/m1/s1. The number of pyridine rings is 1. The molecule has 1 aliphatic carbocycles. The summed E-state index contributed by atoms with van der Waals surface area (Å²) in [5, 5.41) is 0. The summed E-state index contributed by atoms with van der Waals surface area (Å²) in [4.78, 5) is 31.4. The third-order valence-electron chi connectivity index (χ3n) is 7.41. The zero-order valence-corrected chi connectivity index (χ0v) is 19.4. The van der Waals surface area contributed by atoms with Crippen molar-refractivity contribution in [3.8, 4) is 22.5 Å². The summed E-state index contributed by atoms with van der Waals surface area (Å²) in [7, 11) is 0. The molecule has 7 nitrogen and oxygen atoms in total. The molecule has 1 N–H and O–H groups in total. The van der Waals surface area contributed by atoms with Gasteiger partial charge in [-0.2, -0.15) is 0 Å². The van der Waals surface area contributed by atoms with Gasteiger partial charge in [-0.1, -0.05) is 30.3 Å². The highest BCUT2D eigenvalue weighted by molar-refractivity contribution is 5.83. The number of amides is 1. The van der Waals surface area contributed by atoms with Crippen molar-refractivity contribution >= 4 is 28.0 Å². The Bertz CT molecular complexity index is 1550. The van der Waals surface area contributed by atoms with E-state index in [2.05, 4.69) is 66.9 Å². The molecule has 0 radical (unpaired) electrons. The molecule has 2 aliphatic rings. The van der Waals surface area contributed by atoms with Crippen LogP contribution in [0.25, 0.3) is 44.6 Å². The number of benzene rings is 2. The van der Waals surface area contributed by atoms with E-state index in [-0.39, 0.29) is 5.92 Å². The lowest BCUT2D eigenvalue weighted by molar-refractivity contribution is -0.131. The van der Waals surface area contributed by atoms with Crippen molar-refractivity contribution in [3.63, 3.8) is 0 Å². The van der Waals surface area contributed by atoms with E-state index in [0.717, 1.165) is 83.5 Å². The molecular formula is C28H26N6O. The molecule has 35 heavy (non-hydrogen) atoms. The van der Waals surface area contributed by atoms with Crippen molar-refractivity contribution in [2.75, 3.05) is 13.1 Å². The number of hydrogen-bond acceptors (Lipinski definition) is 4. The molecule has 0 unspecified atom stereocenters. The zero-order valence-electron chi connectivity index (χ0n) is 19.4. The monoisotopic (exact) mass is 462 g/mol. The van der Waals surface area contributed by atoms with Gasteiger partial charge >= 0.3 is 0 Å². The third-order valence-corrected chi connectivity index (χ3v) is 7.41. The molecule has 3 aromatic heterocycles. The van der Waals surface area contributed by atoms with Gasteiger partial charge in [-0.15, -0.1) is 0 Å². The minimum Gasteiger partial charge on any atom is -0.345 e. The fourth-order valence-electron chi connectivity index (χ4n) is 5.34. The summed E-state index contributed by atoms with van der Waals surface area (Å²) in [6, 6.07) is 16.9. The van der Waals surface area contributed by atoms with E-state index in [1.807, 2.05) is 18.5 Å². The van der Waals surface area contributed by atoms with Crippen LogP contribution < -0.4 is 0 Å². The Kier molecular flexibility index (Phi) is 4.68. The molecule has 7 heteroatoms. The fraction of sp³-hybridized carbons (Fsp3) is 0.286. The number of carbonyl (C=O) groups is 1. The molecule has 2 fully saturated rings. The SMILES string of the molecule is O=C(C1CC1)N1CC[C@@H](Cn2c(-c3ccc(-c4ccc5[nH]cnc5c4)cc3)nc3cnccc32)C1. The van der Waals surface area contributed by atoms with E-state index in [4.69, 9.17) is 4.98 Å². The summed E-state index contributed by atoms with van der Waals surface area (Å²) in [5.74, 6) is 2.03. The first-order chi connectivity index (χ1) is 17.2. The van der Waals surface area contributed by atoms with Gasteiger partial charge < -0.3 is 14.5 Å². The van der Waals surface area contributed by atoms with Crippen LogP contribution in [-0.4, -0.2) is 48.4 Å². The average Bonchev–Trinajstić information content (AvgIpc) is 3.30. The Balaban J connectivity index is 1.19. The quantitative estimate of drug-likeness (QED) is 0.403. The average molecular weight is 463 g/mol. The number of H-pyrrole nitrogens is 1. The van der Waals surface area contributed by atoms with Gasteiger partial charge in [0.15, 0.2) is 0 Å². The molecule has 5 aromatic rings. The normalized spacial score (nSPS) is 18.1. The third kappa shape index (κ3) is 3.67. The predicted molar refractivity (Wildman–Crippen MR) is 135 cm³/mol. The van der Waals surface area contributed by atoms with Crippen LogP contribution in [0.2, 0.25) is 0 Å². The molecule has 1 saturated carbocycles. The maximum Gasteiger partial charge on any atom is 0.225 e. The Morgan fingerprint density at radius 2 is 1.80 bits per heavy atom. The molecule has 0 spiro atoms. The van der Waals surface area contributed by atoms with Gasteiger partial charge in [-0.25, -0.2) is 9.97 Å². The van der Waals surface area contributed by atoms with Gasteiger partial charge in [0, 0.05) is 37.3 Å². The highest BCUT2D eigenvalue weighted by Crippen LogP contribution is 2.34. The van der Waals surface area contributed by atoms with Crippen LogP contribution in [0.3, 0.4) is 0 Å². The van der Waals surface area contributed by atoms with E-state index in [9.17, 15) is 4.79 Å². The van der Waals surface area contributed by atoms with Crippen molar-refractivity contribution in [3.05, 3.63) is 67.3 Å². The molecule has 1 atom stereocenters. The molecule has 0 bridgehead atoms. The summed E-state index contributed by atoms with van der Waals surface area (Å²) < 4.78 is 2.32. The van der Waals surface area contributed by atoms with Crippen LogP contribution >= 0.6 is 0 Å². The van der Waals surface area contributed by atoms with Crippen LogP contribution in [0.4, 0.5) is 0 Å². The van der Waals surface area contributed by atoms with E-state index in [1.165, 1.54) is 0 Å². The van der Waals surface area contributed by atoms with Gasteiger partial charge in [0.1, 0.15) is 11.3 Å². The van der Waals surface area contributed by atoms with Crippen LogP contribution in [0.15, 0.2) is 67.3 Å². The zero-order chi connectivity index (χ0) is 23.4. The van der Waals surface area contributed by atoms with Gasteiger partial charge in [0.2, 0.25) is 5.91 Å². The molecule has 174 valence electrons. The first kappa shape index (κ1) is 20.4. The Morgan fingerprint density at radius 3 is 2.66 bits per heavy atom. The minimum absolute atomic E-state index is 0.289. The second kappa shape index (κ2) is 8.05. The van der Waals surface area contributed by atoms with E-state index in [0.29, 0.717) is 11.8 Å². The number of hydrogen-bond donors (Lipinski definition) is 1. The van der Waals surface area contributed by atoms with Crippen LogP contribution in [0.1, 0.15) is 19.3 Å². The van der Waals surface area contributed by atoms with E-state index >= 15 is 0 Å². The minimum atomic E-state index is 0.289. The van der Waals surface area contributed by atoms with Crippen molar-refractivity contribution < 1.29 is 4.79 Å². The summed E-state index contributed by atoms with van der Waals surface area (Å²) in [5.41, 5.74) is 7.36. The van der Waals surface area contributed by atoms with Crippen LogP contribution in [-0.2, 0) is 11.3 Å². The van der Waals surface area contributed by atoms with E-state index < -0.39 is 0 Å². The second-order valence-electron chi connectivity index (χ2n) is 9.84. The lowest BCUT2D eigenvalue weighted by Crippen LogP contribution is -2.30. The number of rotatable bonds is 5. The first-order valence-corrected chi connectivity index (χ1v) is 12.4. The Labute approximate surface area is 202 Å². The summed E-state index contributed by atoms with van der Waals surface area (Å²) in [6.07, 6.45) is 8.56. The lowest BCUT2D eigenvalue weighted by atomic mass is 10.0. The maximum absolute atomic E-state index is 12.6. The number of aromatic nitrogens is 5. The number of nitrogens with zero attached hydrogens (tertiary/aromatic N) is 5. The molecule has 1 aliphatic heterocycles. The van der Waals surface area contributed by atoms with Crippen molar-refractivity contribution in [1.82, 2.24) is 29.4 Å². The van der Waals surface area contributed by atoms with Crippen molar-refractivity contribution in [2.24, 2.45) is 11.8 Å². The van der Waals surface area contributed by atoms with Crippen LogP contribution in [0.5, 0.6) is 0 Å². The molecule has 1 saturated heterocycles. The number of fused-ring (bicyclic) bond motifs is 2. The second-order valence-corrected chi connectivity index (χ2v) is 9.84. The Hall–Kier alpha value is -4.00. The summed E-state index contributed by atoms with van der Waals surface area (Å²) >= 11 is 0. The van der Waals surface area contributed by atoms with Crippen molar-refractivity contribution in [1.29, 1.82) is 0 Å². The molecule has 4 heterocycles. The van der Waals surface area contributed by atoms with Gasteiger partial charge in [0.05, 0.1) is 29.1 Å². The number of aromatic amines is 1. The van der Waals surface area contributed by atoms with Gasteiger partial charge in [-0.3, -0.25) is 9.78 Å². The predicted octanol–water partition coefficient (Wildman–Crippen LogP) is 4.90. The number of likely N-dealkylation sites (tertiary alicyclic amines) is 1. The highest BCUT2D eigenvalue weighted by atomic mass is 16.2. The van der Waals surface area contributed by atoms with E-state index in [1.54, 1.807) is 6.33 Å². The lowest BCUT2D eigenvalue weighted by Gasteiger charge is -2.18.